The molecule has 1 N–H and O–H groups in total. The van der Waals surface area contributed by atoms with Crippen molar-refractivity contribution in [3.63, 3.8) is 0 Å². The van der Waals surface area contributed by atoms with E-state index in [2.05, 4.69) is 25.1 Å². The molecule has 0 aromatic heterocycles. The first-order valence-corrected chi connectivity index (χ1v) is 5.22. The van der Waals surface area contributed by atoms with E-state index < -0.39 is 0 Å². The maximum Gasteiger partial charge on any atom is 0.0574 e. The lowest BCUT2D eigenvalue weighted by Crippen LogP contribution is -2.02. The Hall–Kier alpha value is -1.08. The molecule has 0 spiro atoms. The smallest absolute Gasteiger partial charge is 0.0574 e. The Kier molecular flexibility index (Phi) is 5.02. The molecule has 0 heterocycles. The van der Waals surface area contributed by atoms with Gasteiger partial charge >= 0.3 is 0 Å². The van der Waals surface area contributed by atoms with Crippen LogP contribution in [0.2, 0.25) is 0 Å². The fraction of sp³-hybridized carbons (Fsp3) is 0.385. The van der Waals surface area contributed by atoms with Crippen molar-refractivity contribution in [1.29, 1.82) is 0 Å². The van der Waals surface area contributed by atoms with Crippen molar-refractivity contribution in [2.45, 2.75) is 32.3 Å². The Morgan fingerprint density at radius 3 is 2.64 bits per heavy atom. The molecule has 0 aliphatic heterocycles. The summed E-state index contributed by atoms with van der Waals surface area (Å²) in [4.78, 5) is 0. The van der Waals surface area contributed by atoms with E-state index >= 15 is 0 Å². The van der Waals surface area contributed by atoms with E-state index in [1.807, 2.05) is 24.3 Å². The molecule has 0 aliphatic carbocycles. The molecule has 1 unspecified atom stereocenters. The number of aliphatic hydroxyl groups excluding tert-OH is 1. The van der Waals surface area contributed by atoms with Crippen molar-refractivity contribution in [3.05, 3.63) is 42.0 Å². The van der Waals surface area contributed by atoms with E-state index in [-0.39, 0.29) is 6.10 Å². The van der Waals surface area contributed by atoms with E-state index in [9.17, 15) is 5.11 Å². The third kappa shape index (κ3) is 4.24. The topological polar surface area (TPSA) is 20.2 Å². The maximum atomic E-state index is 9.48. The van der Waals surface area contributed by atoms with Crippen molar-refractivity contribution in [1.82, 2.24) is 0 Å². The van der Waals surface area contributed by atoms with Crippen molar-refractivity contribution < 1.29 is 5.11 Å². The van der Waals surface area contributed by atoms with Gasteiger partial charge in [-0.3, -0.25) is 0 Å². The van der Waals surface area contributed by atoms with E-state index in [0.29, 0.717) is 0 Å². The fourth-order valence-corrected chi connectivity index (χ4v) is 1.38. The van der Waals surface area contributed by atoms with Crippen molar-refractivity contribution in [3.8, 4) is 0 Å². The second kappa shape index (κ2) is 6.39. The first-order valence-electron chi connectivity index (χ1n) is 5.22. The highest BCUT2D eigenvalue weighted by Crippen LogP contribution is 2.05. The zero-order chi connectivity index (χ0) is 10.2. The average Bonchev–Trinajstić information content (AvgIpc) is 2.20. The predicted octanol–water partition coefficient (Wildman–Crippen LogP) is 3.25. The lowest BCUT2D eigenvalue weighted by atomic mass is 10.1. The third-order valence-electron chi connectivity index (χ3n) is 2.14. The molecule has 1 atom stereocenters. The molecule has 1 nitrogen and oxygen atoms in total. The van der Waals surface area contributed by atoms with Gasteiger partial charge in [0.05, 0.1) is 6.10 Å². The molecule has 14 heavy (non-hydrogen) atoms. The highest BCUT2D eigenvalue weighted by atomic mass is 16.3. The molecule has 0 aliphatic rings. The number of hydrogen-bond acceptors (Lipinski definition) is 1. The Balaban J connectivity index is 2.34. The van der Waals surface area contributed by atoms with Gasteiger partial charge in [0, 0.05) is 0 Å². The lowest BCUT2D eigenvalue weighted by molar-refractivity contribution is 0.167. The molecule has 0 saturated heterocycles. The predicted molar refractivity (Wildman–Crippen MR) is 61.0 cm³/mol. The van der Waals surface area contributed by atoms with Crippen LogP contribution in [0.15, 0.2) is 36.4 Å². The highest BCUT2D eigenvalue weighted by Gasteiger charge is 1.97. The molecule has 0 amide bonds. The molecule has 0 radical (unpaired) electrons. The highest BCUT2D eigenvalue weighted by molar-refractivity contribution is 5.48. The average molecular weight is 190 g/mol. The summed E-state index contributed by atoms with van der Waals surface area (Å²) in [6, 6.07) is 10.2. The van der Waals surface area contributed by atoms with Gasteiger partial charge in [-0.1, -0.05) is 55.8 Å². The molecule has 0 bridgehead atoms. The Labute approximate surface area is 86.1 Å². The number of hydrogen-bond donors (Lipinski definition) is 1. The van der Waals surface area contributed by atoms with Crippen LogP contribution in [0.25, 0.3) is 6.08 Å². The summed E-state index contributed by atoms with van der Waals surface area (Å²) in [6.07, 6.45) is 6.59. The summed E-state index contributed by atoms with van der Waals surface area (Å²) in [5, 5.41) is 9.48. The van der Waals surface area contributed by atoms with Gasteiger partial charge in [0.1, 0.15) is 0 Å². The molecule has 1 rings (SSSR count). The van der Waals surface area contributed by atoms with Crippen LogP contribution in [-0.4, -0.2) is 11.2 Å². The summed E-state index contributed by atoms with van der Waals surface area (Å²) < 4.78 is 0. The van der Waals surface area contributed by atoms with Crippen molar-refractivity contribution in [2.24, 2.45) is 0 Å². The van der Waals surface area contributed by atoms with E-state index in [0.717, 1.165) is 19.3 Å². The van der Waals surface area contributed by atoms with Crippen LogP contribution in [-0.2, 0) is 0 Å². The molecular formula is C13H18O. The lowest BCUT2D eigenvalue weighted by Gasteiger charge is -2.04. The van der Waals surface area contributed by atoms with E-state index in [1.165, 1.54) is 5.56 Å². The van der Waals surface area contributed by atoms with Crippen LogP contribution in [0.4, 0.5) is 0 Å². The molecule has 1 heteroatoms. The quantitative estimate of drug-likeness (QED) is 0.755. The minimum atomic E-state index is -0.181. The molecule has 1 aromatic rings. The van der Waals surface area contributed by atoms with Gasteiger partial charge in [-0.2, -0.15) is 0 Å². The Morgan fingerprint density at radius 1 is 1.29 bits per heavy atom. The van der Waals surface area contributed by atoms with E-state index in [4.69, 9.17) is 0 Å². The Bertz CT molecular complexity index is 264. The monoisotopic (exact) mass is 190 g/mol. The first-order chi connectivity index (χ1) is 6.83. The summed E-state index contributed by atoms with van der Waals surface area (Å²) >= 11 is 0. The van der Waals surface area contributed by atoms with Crippen LogP contribution < -0.4 is 0 Å². The first kappa shape index (κ1) is 11.0. The van der Waals surface area contributed by atoms with Crippen LogP contribution in [0.1, 0.15) is 31.7 Å². The van der Waals surface area contributed by atoms with Gasteiger partial charge in [0.15, 0.2) is 0 Å². The normalized spacial score (nSPS) is 13.3. The number of benzene rings is 1. The third-order valence-corrected chi connectivity index (χ3v) is 2.14. The molecule has 0 fully saturated rings. The number of aliphatic hydroxyl groups is 1. The zero-order valence-electron chi connectivity index (χ0n) is 8.69. The van der Waals surface area contributed by atoms with Crippen LogP contribution in [0.3, 0.4) is 0 Å². The zero-order valence-corrected chi connectivity index (χ0v) is 8.69. The van der Waals surface area contributed by atoms with Gasteiger partial charge in [-0.15, -0.1) is 0 Å². The second-order valence-corrected chi connectivity index (χ2v) is 3.49. The summed E-state index contributed by atoms with van der Waals surface area (Å²) in [5.74, 6) is 0. The van der Waals surface area contributed by atoms with E-state index in [1.54, 1.807) is 0 Å². The van der Waals surface area contributed by atoms with Crippen LogP contribution >= 0.6 is 0 Å². The van der Waals surface area contributed by atoms with Gasteiger partial charge in [0.2, 0.25) is 0 Å². The fourth-order valence-electron chi connectivity index (χ4n) is 1.38. The standard InChI is InChI=1S/C13H18O/c1-2-7-13(14)11-6-10-12-8-4-3-5-9-12/h3-6,8-10,13-14H,2,7,11H2,1H3/b10-6+. The summed E-state index contributed by atoms with van der Waals surface area (Å²) in [7, 11) is 0. The number of rotatable bonds is 5. The molecular weight excluding hydrogens is 172 g/mol. The Morgan fingerprint density at radius 2 is 2.00 bits per heavy atom. The minimum absolute atomic E-state index is 0.181. The molecule has 0 saturated carbocycles. The molecule has 1 aromatic carbocycles. The van der Waals surface area contributed by atoms with Gasteiger partial charge in [0.25, 0.3) is 0 Å². The van der Waals surface area contributed by atoms with Crippen molar-refractivity contribution in [2.75, 3.05) is 0 Å². The maximum absolute atomic E-state index is 9.48. The summed E-state index contributed by atoms with van der Waals surface area (Å²) in [6.45, 7) is 2.09. The van der Waals surface area contributed by atoms with Gasteiger partial charge in [-0.25, -0.2) is 0 Å². The van der Waals surface area contributed by atoms with Crippen molar-refractivity contribution >= 4 is 6.08 Å². The van der Waals surface area contributed by atoms with Crippen LogP contribution in [0.5, 0.6) is 0 Å². The largest absolute Gasteiger partial charge is 0.393 e. The SMILES string of the molecule is CCCC(O)C/C=C/c1ccccc1. The van der Waals surface area contributed by atoms with Gasteiger partial charge in [-0.05, 0) is 18.4 Å². The second-order valence-electron chi connectivity index (χ2n) is 3.49. The molecule has 76 valence electrons. The van der Waals surface area contributed by atoms with Crippen LogP contribution in [0, 0.1) is 0 Å². The summed E-state index contributed by atoms with van der Waals surface area (Å²) in [5.41, 5.74) is 1.19. The van der Waals surface area contributed by atoms with Gasteiger partial charge < -0.3 is 5.11 Å². The minimum Gasteiger partial charge on any atom is -0.393 e.